The fourth-order valence-corrected chi connectivity index (χ4v) is 3.04. The van der Waals surface area contributed by atoms with Gasteiger partial charge < -0.3 is 11.1 Å². The summed E-state index contributed by atoms with van der Waals surface area (Å²) in [5.74, 6) is -0.133. The maximum absolute atomic E-state index is 12.7. The Hall–Kier alpha value is -1.85. The number of carbonyl (C=O) groups is 1. The largest absolute Gasteiger partial charge is 0.344 e. The van der Waals surface area contributed by atoms with Crippen LogP contribution in [0.4, 0.5) is 0 Å². The van der Waals surface area contributed by atoms with E-state index in [0.29, 0.717) is 12.2 Å². The quantitative estimate of drug-likeness (QED) is 0.891. The van der Waals surface area contributed by atoms with Crippen molar-refractivity contribution in [3.63, 3.8) is 0 Å². The number of aryl methyl sites for hydroxylation is 1. The van der Waals surface area contributed by atoms with Gasteiger partial charge in [-0.1, -0.05) is 18.2 Å². The lowest BCUT2D eigenvalue weighted by Crippen LogP contribution is -2.49. The van der Waals surface area contributed by atoms with Crippen LogP contribution in [-0.2, 0) is 12.8 Å². The van der Waals surface area contributed by atoms with Crippen molar-refractivity contribution in [3.05, 3.63) is 46.8 Å². The fraction of sp³-hybridized carbons (Fsp3) is 0.444. The Balaban J connectivity index is 0.00000208. The highest BCUT2D eigenvalue weighted by atomic mass is 35.5. The minimum atomic E-state index is -0.436. The van der Waals surface area contributed by atoms with Gasteiger partial charge >= 0.3 is 0 Å². The van der Waals surface area contributed by atoms with Crippen LogP contribution in [-0.4, -0.2) is 27.8 Å². The van der Waals surface area contributed by atoms with Crippen molar-refractivity contribution in [2.45, 2.75) is 45.6 Å². The molecule has 1 aliphatic carbocycles. The minimum absolute atomic E-state index is 0. The van der Waals surface area contributed by atoms with E-state index >= 15 is 0 Å². The van der Waals surface area contributed by atoms with Crippen LogP contribution < -0.4 is 11.1 Å². The van der Waals surface area contributed by atoms with Gasteiger partial charge in [0.15, 0.2) is 5.69 Å². The summed E-state index contributed by atoms with van der Waals surface area (Å²) < 4.78 is 1.95. The third kappa shape index (κ3) is 3.32. The molecule has 0 bridgehead atoms. The Labute approximate surface area is 149 Å². The molecule has 5 nitrogen and oxygen atoms in total. The second kappa shape index (κ2) is 6.95. The van der Waals surface area contributed by atoms with Gasteiger partial charge in [0.05, 0.1) is 5.69 Å². The van der Waals surface area contributed by atoms with Crippen molar-refractivity contribution in [2.75, 3.05) is 6.54 Å². The molecule has 0 radical (unpaired) electrons. The molecule has 1 aromatic heterocycles. The summed E-state index contributed by atoms with van der Waals surface area (Å²) in [4.78, 5) is 12.7. The fourth-order valence-electron chi connectivity index (χ4n) is 3.04. The maximum Gasteiger partial charge on any atom is 0.272 e. The van der Waals surface area contributed by atoms with Gasteiger partial charge in [-0.05, 0) is 51.7 Å². The first-order valence-corrected chi connectivity index (χ1v) is 8.12. The number of carbonyl (C=O) groups excluding carboxylic acids is 1. The Morgan fingerprint density at radius 2 is 2.04 bits per heavy atom. The number of fused-ring (bicyclic) bond motifs is 1. The number of para-hydroxylation sites is 1. The number of nitrogens with one attached hydrogen (secondary N) is 1. The number of nitrogens with zero attached hydrogens (tertiary/aromatic N) is 2. The van der Waals surface area contributed by atoms with E-state index in [1.165, 1.54) is 0 Å². The predicted molar refractivity (Wildman–Crippen MR) is 98.2 cm³/mol. The molecule has 3 N–H and O–H groups in total. The molecule has 0 atom stereocenters. The topological polar surface area (TPSA) is 72.9 Å². The Morgan fingerprint density at radius 3 is 2.71 bits per heavy atom. The van der Waals surface area contributed by atoms with E-state index in [2.05, 4.69) is 23.4 Å². The van der Waals surface area contributed by atoms with Crippen molar-refractivity contribution >= 4 is 18.3 Å². The highest BCUT2D eigenvalue weighted by molar-refractivity contribution is 5.94. The van der Waals surface area contributed by atoms with Gasteiger partial charge in [0, 0.05) is 23.3 Å². The van der Waals surface area contributed by atoms with Crippen LogP contribution in [0.15, 0.2) is 24.3 Å². The number of amides is 1. The predicted octanol–water partition coefficient (Wildman–Crippen LogP) is 2.56. The summed E-state index contributed by atoms with van der Waals surface area (Å²) in [5.41, 5.74) is 10.3. The third-order valence-electron chi connectivity index (χ3n) is 4.45. The lowest BCUT2D eigenvalue weighted by molar-refractivity contribution is 0.0909. The molecule has 0 spiro atoms. The van der Waals surface area contributed by atoms with E-state index in [9.17, 15) is 4.79 Å². The van der Waals surface area contributed by atoms with Crippen molar-refractivity contribution in [3.8, 4) is 5.69 Å². The first-order valence-electron chi connectivity index (χ1n) is 8.12. The monoisotopic (exact) mass is 348 g/mol. The number of hydrogen-bond donors (Lipinski definition) is 2. The minimum Gasteiger partial charge on any atom is -0.344 e. The van der Waals surface area contributed by atoms with E-state index in [0.717, 1.165) is 41.8 Å². The number of benzene rings is 1. The number of rotatable bonds is 4. The van der Waals surface area contributed by atoms with E-state index in [4.69, 9.17) is 5.73 Å². The average molecular weight is 349 g/mol. The highest BCUT2D eigenvalue weighted by Crippen LogP contribution is 2.29. The van der Waals surface area contributed by atoms with Gasteiger partial charge in [-0.2, -0.15) is 5.10 Å². The summed E-state index contributed by atoms with van der Waals surface area (Å²) in [5, 5.41) is 7.64. The zero-order chi connectivity index (χ0) is 16.6. The molecule has 0 saturated carbocycles. The molecular weight excluding hydrogens is 324 g/mol. The standard InChI is InChI=1S/C18H24N4O.ClH/c1-12-7-4-5-9-14(12)22-15-10-6-8-13(15)16(21-22)17(23)20-18(2,3)11-19;/h4-5,7,9H,6,8,10-11,19H2,1-3H3,(H,20,23);1H. The highest BCUT2D eigenvalue weighted by Gasteiger charge is 2.29. The molecule has 130 valence electrons. The van der Waals surface area contributed by atoms with E-state index < -0.39 is 5.54 Å². The van der Waals surface area contributed by atoms with Crippen LogP contribution in [0.25, 0.3) is 5.69 Å². The van der Waals surface area contributed by atoms with E-state index in [1.807, 2.05) is 36.7 Å². The number of aromatic nitrogens is 2. The summed E-state index contributed by atoms with van der Waals surface area (Å²) in [6.07, 6.45) is 2.94. The van der Waals surface area contributed by atoms with Crippen LogP contribution in [0.2, 0.25) is 0 Å². The molecular formula is C18H25ClN4O. The van der Waals surface area contributed by atoms with Crippen LogP contribution in [0, 0.1) is 6.92 Å². The van der Waals surface area contributed by atoms with Gasteiger partial charge in [-0.25, -0.2) is 4.68 Å². The molecule has 1 amide bonds. The molecule has 1 aromatic carbocycles. The van der Waals surface area contributed by atoms with Crippen molar-refractivity contribution < 1.29 is 4.79 Å². The van der Waals surface area contributed by atoms with Gasteiger partial charge in [0.2, 0.25) is 0 Å². The van der Waals surface area contributed by atoms with Gasteiger partial charge in [-0.15, -0.1) is 12.4 Å². The second-order valence-electron chi connectivity index (χ2n) is 6.87. The first-order chi connectivity index (χ1) is 10.9. The summed E-state index contributed by atoms with van der Waals surface area (Å²) in [6, 6.07) is 8.13. The third-order valence-corrected chi connectivity index (χ3v) is 4.45. The molecule has 0 saturated heterocycles. The number of halogens is 1. The van der Waals surface area contributed by atoms with Crippen molar-refractivity contribution in [1.29, 1.82) is 0 Å². The molecule has 3 rings (SSSR count). The van der Waals surface area contributed by atoms with Crippen LogP contribution in [0.5, 0.6) is 0 Å². The Morgan fingerprint density at radius 1 is 1.33 bits per heavy atom. The smallest absolute Gasteiger partial charge is 0.272 e. The van der Waals surface area contributed by atoms with Crippen molar-refractivity contribution in [2.24, 2.45) is 5.73 Å². The lowest BCUT2D eigenvalue weighted by atomic mass is 10.1. The van der Waals surface area contributed by atoms with Gasteiger partial charge in [0.1, 0.15) is 0 Å². The molecule has 2 aromatic rings. The van der Waals surface area contributed by atoms with Crippen LogP contribution >= 0.6 is 12.4 Å². The van der Waals surface area contributed by atoms with E-state index in [1.54, 1.807) is 0 Å². The molecule has 6 heteroatoms. The second-order valence-corrected chi connectivity index (χ2v) is 6.87. The number of hydrogen-bond acceptors (Lipinski definition) is 3. The molecule has 0 unspecified atom stereocenters. The maximum atomic E-state index is 12.7. The molecule has 0 aliphatic heterocycles. The molecule has 1 heterocycles. The Bertz CT molecular complexity index is 751. The molecule has 0 fully saturated rings. The van der Waals surface area contributed by atoms with Crippen LogP contribution in [0.1, 0.15) is 47.6 Å². The summed E-state index contributed by atoms with van der Waals surface area (Å²) >= 11 is 0. The van der Waals surface area contributed by atoms with Gasteiger partial charge in [0.25, 0.3) is 5.91 Å². The molecule has 1 aliphatic rings. The summed E-state index contributed by atoms with van der Waals surface area (Å²) in [6.45, 7) is 6.29. The zero-order valence-electron chi connectivity index (χ0n) is 14.4. The van der Waals surface area contributed by atoms with Crippen molar-refractivity contribution in [1.82, 2.24) is 15.1 Å². The van der Waals surface area contributed by atoms with Gasteiger partial charge in [-0.3, -0.25) is 4.79 Å². The molecule has 24 heavy (non-hydrogen) atoms. The Kier molecular flexibility index (Phi) is 5.35. The zero-order valence-corrected chi connectivity index (χ0v) is 15.2. The normalized spacial score (nSPS) is 13.3. The first kappa shape index (κ1) is 18.5. The van der Waals surface area contributed by atoms with Crippen LogP contribution in [0.3, 0.4) is 0 Å². The summed E-state index contributed by atoms with van der Waals surface area (Å²) in [7, 11) is 0. The van der Waals surface area contributed by atoms with E-state index in [-0.39, 0.29) is 18.3 Å². The average Bonchev–Trinajstić information content (AvgIpc) is 3.09. The SMILES string of the molecule is Cc1ccccc1-n1nc(C(=O)NC(C)(C)CN)c2c1CCC2.Cl. The lowest BCUT2D eigenvalue weighted by Gasteiger charge is -2.23. The number of nitrogens with two attached hydrogens (primary N) is 1.